The van der Waals surface area contributed by atoms with E-state index in [1.54, 1.807) is 38.1 Å². The molecule has 2 N–H and O–H groups in total. The molecule has 7 nitrogen and oxygen atoms in total. The van der Waals surface area contributed by atoms with E-state index in [0.717, 1.165) is 6.42 Å². The molecule has 2 aromatic rings. The highest BCUT2D eigenvalue weighted by molar-refractivity contribution is 7.92. The lowest BCUT2D eigenvalue weighted by molar-refractivity contribution is 0.102. The number of hydrogen-bond donors (Lipinski definition) is 2. The van der Waals surface area contributed by atoms with Gasteiger partial charge in [0, 0.05) is 11.3 Å². The third-order valence-electron chi connectivity index (χ3n) is 4.26. The van der Waals surface area contributed by atoms with Crippen LogP contribution in [0.3, 0.4) is 0 Å². The second-order valence-electron chi connectivity index (χ2n) is 6.69. The Morgan fingerprint density at radius 1 is 1.13 bits per heavy atom. The maximum absolute atomic E-state index is 12.8. The van der Waals surface area contributed by atoms with E-state index in [0.29, 0.717) is 41.5 Å². The quantitative estimate of drug-likeness (QED) is 0.535. The highest BCUT2D eigenvalue weighted by atomic mass is 35.5. The standard InChI is InChI=1S/C21H27ClN2O5S/c1-5-10-29-20-16(22)12-15(13-19(20)28-4)21(25)23-17-8-7-9-18(14(17)3)24-30(26,27)11-6-2/h7-9,12-13,24H,5-6,10-11H2,1-4H3,(H,23,25). The largest absolute Gasteiger partial charge is 0.493 e. The zero-order valence-electron chi connectivity index (χ0n) is 17.5. The molecule has 1 amide bonds. The lowest BCUT2D eigenvalue weighted by atomic mass is 10.1. The van der Waals surface area contributed by atoms with Crippen LogP contribution >= 0.6 is 11.6 Å². The molecule has 0 aliphatic heterocycles. The fourth-order valence-corrected chi connectivity index (χ4v) is 4.22. The average molecular weight is 455 g/mol. The van der Waals surface area contributed by atoms with Crippen molar-refractivity contribution in [1.29, 1.82) is 0 Å². The van der Waals surface area contributed by atoms with E-state index in [1.165, 1.54) is 13.2 Å². The van der Waals surface area contributed by atoms with Gasteiger partial charge in [0.25, 0.3) is 5.91 Å². The highest BCUT2D eigenvalue weighted by Gasteiger charge is 2.18. The maximum Gasteiger partial charge on any atom is 0.255 e. The van der Waals surface area contributed by atoms with Crippen molar-refractivity contribution in [2.75, 3.05) is 29.5 Å². The zero-order valence-corrected chi connectivity index (χ0v) is 19.1. The van der Waals surface area contributed by atoms with Gasteiger partial charge in [0.15, 0.2) is 11.5 Å². The van der Waals surface area contributed by atoms with Crippen molar-refractivity contribution in [3.05, 3.63) is 46.5 Å². The number of hydrogen-bond acceptors (Lipinski definition) is 5. The van der Waals surface area contributed by atoms with Gasteiger partial charge in [0.05, 0.1) is 30.2 Å². The summed E-state index contributed by atoms with van der Waals surface area (Å²) < 4.78 is 37.7. The van der Waals surface area contributed by atoms with E-state index in [1.807, 2.05) is 6.92 Å². The van der Waals surface area contributed by atoms with Gasteiger partial charge < -0.3 is 14.8 Å². The summed E-state index contributed by atoms with van der Waals surface area (Å²) in [6.07, 6.45) is 1.31. The van der Waals surface area contributed by atoms with Crippen molar-refractivity contribution in [3.8, 4) is 11.5 Å². The van der Waals surface area contributed by atoms with Crippen LogP contribution in [0, 0.1) is 6.92 Å². The van der Waals surface area contributed by atoms with E-state index in [4.69, 9.17) is 21.1 Å². The zero-order chi connectivity index (χ0) is 22.3. The molecule has 0 unspecified atom stereocenters. The monoisotopic (exact) mass is 454 g/mol. The molecule has 0 bridgehead atoms. The van der Waals surface area contributed by atoms with E-state index in [9.17, 15) is 13.2 Å². The van der Waals surface area contributed by atoms with Gasteiger partial charge in [-0.15, -0.1) is 0 Å². The molecule has 0 spiro atoms. The Morgan fingerprint density at radius 3 is 2.47 bits per heavy atom. The fourth-order valence-electron chi connectivity index (χ4n) is 2.76. The number of carbonyl (C=O) groups is 1. The molecule has 164 valence electrons. The van der Waals surface area contributed by atoms with E-state index < -0.39 is 15.9 Å². The first-order valence-corrected chi connectivity index (χ1v) is 11.7. The number of methoxy groups -OCH3 is 1. The number of benzene rings is 2. The molecule has 0 radical (unpaired) electrons. The van der Waals surface area contributed by atoms with Gasteiger partial charge in [-0.1, -0.05) is 31.5 Å². The Bertz CT molecular complexity index is 1010. The summed E-state index contributed by atoms with van der Waals surface area (Å²) in [6, 6.07) is 8.07. The molecule has 0 aliphatic carbocycles. The van der Waals surface area contributed by atoms with E-state index in [2.05, 4.69) is 10.0 Å². The first kappa shape index (κ1) is 23.8. The minimum Gasteiger partial charge on any atom is -0.493 e. The average Bonchev–Trinajstić information content (AvgIpc) is 2.69. The van der Waals surface area contributed by atoms with Crippen LogP contribution in [-0.4, -0.2) is 33.8 Å². The third kappa shape index (κ3) is 6.03. The summed E-state index contributed by atoms with van der Waals surface area (Å²) in [7, 11) is -1.97. The Labute approximate surface area is 182 Å². The first-order valence-electron chi connectivity index (χ1n) is 9.64. The summed E-state index contributed by atoms with van der Waals surface area (Å²) in [5.41, 5.74) is 1.79. The number of carbonyl (C=O) groups excluding carboxylic acids is 1. The second kappa shape index (κ2) is 10.5. The van der Waals surface area contributed by atoms with Crippen molar-refractivity contribution in [3.63, 3.8) is 0 Å². The lowest BCUT2D eigenvalue weighted by Crippen LogP contribution is -2.18. The maximum atomic E-state index is 12.8. The van der Waals surface area contributed by atoms with Gasteiger partial charge in [0.2, 0.25) is 10.0 Å². The molecule has 0 aliphatic rings. The molecule has 30 heavy (non-hydrogen) atoms. The fraction of sp³-hybridized carbons (Fsp3) is 0.381. The SMILES string of the molecule is CCCOc1c(Cl)cc(C(=O)Nc2cccc(NS(=O)(=O)CCC)c2C)cc1OC. The Kier molecular flexibility index (Phi) is 8.37. The van der Waals surface area contributed by atoms with Crippen LogP contribution in [-0.2, 0) is 10.0 Å². The van der Waals surface area contributed by atoms with Crippen molar-refractivity contribution >= 4 is 38.9 Å². The van der Waals surface area contributed by atoms with Crippen LogP contribution in [0.15, 0.2) is 30.3 Å². The van der Waals surface area contributed by atoms with Gasteiger partial charge >= 0.3 is 0 Å². The normalized spacial score (nSPS) is 11.1. The molecule has 0 aromatic heterocycles. The number of sulfonamides is 1. The predicted octanol–water partition coefficient (Wildman–Crippen LogP) is 4.85. The number of halogens is 1. The molecule has 0 saturated carbocycles. The number of amides is 1. The van der Waals surface area contributed by atoms with Crippen molar-refractivity contribution in [2.45, 2.75) is 33.6 Å². The molecular formula is C21H27ClN2O5S. The Hall–Kier alpha value is -2.45. The van der Waals surface area contributed by atoms with Crippen molar-refractivity contribution in [1.82, 2.24) is 0 Å². The van der Waals surface area contributed by atoms with Crippen LogP contribution in [0.5, 0.6) is 11.5 Å². The summed E-state index contributed by atoms with van der Waals surface area (Å²) in [4.78, 5) is 12.8. The molecule has 9 heteroatoms. The van der Waals surface area contributed by atoms with Gasteiger partial charge in [-0.3, -0.25) is 9.52 Å². The number of anilines is 2. The third-order valence-corrected chi connectivity index (χ3v) is 6.02. The molecule has 0 fully saturated rings. The second-order valence-corrected chi connectivity index (χ2v) is 8.94. The van der Waals surface area contributed by atoms with E-state index in [-0.39, 0.29) is 16.3 Å². The van der Waals surface area contributed by atoms with Crippen molar-refractivity contribution < 1.29 is 22.7 Å². The molecule has 0 saturated heterocycles. The summed E-state index contributed by atoms with van der Waals surface area (Å²) in [5, 5.41) is 3.07. The Balaban J connectivity index is 2.28. The molecule has 2 rings (SSSR count). The topological polar surface area (TPSA) is 93.7 Å². The molecule has 0 atom stereocenters. The first-order chi connectivity index (χ1) is 14.2. The number of ether oxygens (including phenoxy) is 2. The molecule has 0 heterocycles. The lowest BCUT2D eigenvalue weighted by Gasteiger charge is -2.16. The van der Waals surface area contributed by atoms with Gasteiger partial charge in [-0.25, -0.2) is 8.42 Å². The van der Waals surface area contributed by atoms with Gasteiger partial charge in [-0.05, 0) is 49.6 Å². The smallest absolute Gasteiger partial charge is 0.255 e. The molecule has 2 aromatic carbocycles. The minimum absolute atomic E-state index is 0.0216. The summed E-state index contributed by atoms with van der Waals surface area (Å²) >= 11 is 6.29. The summed E-state index contributed by atoms with van der Waals surface area (Å²) in [6.45, 7) is 5.97. The predicted molar refractivity (Wildman–Crippen MR) is 121 cm³/mol. The number of nitrogens with one attached hydrogen (secondary N) is 2. The molecular weight excluding hydrogens is 428 g/mol. The Morgan fingerprint density at radius 2 is 1.83 bits per heavy atom. The number of rotatable bonds is 10. The highest BCUT2D eigenvalue weighted by Crippen LogP contribution is 2.37. The van der Waals surface area contributed by atoms with E-state index >= 15 is 0 Å². The minimum atomic E-state index is -3.44. The van der Waals surface area contributed by atoms with Crippen LogP contribution in [0.2, 0.25) is 5.02 Å². The summed E-state index contributed by atoms with van der Waals surface area (Å²) in [5.74, 6) is 0.363. The van der Waals surface area contributed by atoms with Crippen LogP contribution in [0.1, 0.15) is 42.6 Å². The van der Waals surface area contributed by atoms with Crippen molar-refractivity contribution in [2.24, 2.45) is 0 Å². The van der Waals surface area contributed by atoms with Crippen LogP contribution in [0.25, 0.3) is 0 Å². The van der Waals surface area contributed by atoms with Crippen LogP contribution in [0.4, 0.5) is 11.4 Å². The van der Waals surface area contributed by atoms with Gasteiger partial charge in [0.1, 0.15) is 0 Å². The van der Waals surface area contributed by atoms with Gasteiger partial charge in [-0.2, -0.15) is 0 Å². The van der Waals surface area contributed by atoms with Crippen LogP contribution < -0.4 is 19.5 Å².